The van der Waals surface area contributed by atoms with Gasteiger partial charge in [-0.1, -0.05) is 18.2 Å². The largest absolute Gasteiger partial charge is 0.506 e. The van der Waals surface area contributed by atoms with Crippen molar-refractivity contribution in [2.45, 2.75) is 0 Å². The first-order chi connectivity index (χ1) is 7.38. The van der Waals surface area contributed by atoms with Crippen LogP contribution >= 0.6 is 0 Å². The number of fused-ring (bicyclic) bond motifs is 1. The standard InChI is InChI=1S/C9H7NO.CH4O3S/c11-8-5-1-3-7-4-2-6-10-9(7)8;1-5(2,3)4/h1-6,11H;1H3,(H,2,3,4). The molecule has 0 unspecified atom stereocenters. The molecule has 0 fully saturated rings. The van der Waals surface area contributed by atoms with E-state index in [0.29, 0.717) is 11.8 Å². The minimum Gasteiger partial charge on any atom is -0.506 e. The van der Waals surface area contributed by atoms with Crippen LogP contribution in [0.4, 0.5) is 0 Å². The molecule has 0 atom stereocenters. The monoisotopic (exact) mass is 241 g/mol. The molecule has 2 aromatic rings. The fourth-order valence-corrected chi connectivity index (χ4v) is 1.09. The molecule has 0 radical (unpaired) electrons. The zero-order chi connectivity index (χ0) is 12.2. The van der Waals surface area contributed by atoms with Crippen LogP contribution in [0.3, 0.4) is 0 Å². The van der Waals surface area contributed by atoms with Crippen LogP contribution in [0.25, 0.3) is 10.9 Å². The number of rotatable bonds is 0. The first-order valence-corrected chi connectivity index (χ1v) is 6.18. The lowest BCUT2D eigenvalue weighted by atomic mass is 10.2. The van der Waals surface area contributed by atoms with Crippen LogP contribution in [0.1, 0.15) is 0 Å². The van der Waals surface area contributed by atoms with Crippen molar-refractivity contribution in [3.63, 3.8) is 0 Å². The van der Waals surface area contributed by atoms with E-state index in [1.54, 1.807) is 18.3 Å². The first kappa shape index (κ1) is 12.4. The molecular formula is C10H11NO4S. The zero-order valence-electron chi connectivity index (χ0n) is 8.53. The predicted octanol–water partition coefficient (Wildman–Crippen LogP) is 1.44. The molecule has 2 rings (SSSR count). The molecule has 0 amide bonds. The Bertz CT molecular complexity index is 567. The normalized spacial score (nSPS) is 10.6. The maximum atomic E-state index is 9.31. The molecule has 1 heterocycles. The number of hydrogen-bond acceptors (Lipinski definition) is 4. The summed E-state index contributed by atoms with van der Waals surface area (Å²) in [6.07, 6.45) is 2.38. The fourth-order valence-electron chi connectivity index (χ4n) is 1.09. The number of benzene rings is 1. The highest BCUT2D eigenvalue weighted by Gasteiger charge is 1.96. The third-order valence-corrected chi connectivity index (χ3v) is 1.61. The number of aromatic hydroxyl groups is 1. The molecule has 0 aliphatic heterocycles. The summed E-state index contributed by atoms with van der Waals surface area (Å²) in [5, 5.41) is 10.3. The second-order valence-electron chi connectivity index (χ2n) is 3.09. The molecule has 0 spiro atoms. The van der Waals surface area contributed by atoms with Gasteiger partial charge >= 0.3 is 0 Å². The Morgan fingerprint density at radius 2 is 1.75 bits per heavy atom. The van der Waals surface area contributed by atoms with Crippen molar-refractivity contribution >= 4 is 21.0 Å². The number of phenols is 1. The topological polar surface area (TPSA) is 87.5 Å². The summed E-state index contributed by atoms with van der Waals surface area (Å²) in [6, 6.07) is 9.13. The number of para-hydroxylation sites is 1. The van der Waals surface area contributed by atoms with Gasteiger partial charge in [0.15, 0.2) is 0 Å². The van der Waals surface area contributed by atoms with E-state index in [0.717, 1.165) is 5.39 Å². The van der Waals surface area contributed by atoms with Gasteiger partial charge in [-0.05, 0) is 12.1 Å². The number of phenolic OH excluding ortho intramolecular Hbond substituents is 1. The van der Waals surface area contributed by atoms with Gasteiger partial charge < -0.3 is 5.11 Å². The highest BCUT2D eigenvalue weighted by molar-refractivity contribution is 7.85. The van der Waals surface area contributed by atoms with Gasteiger partial charge in [0.2, 0.25) is 0 Å². The fraction of sp³-hybridized carbons (Fsp3) is 0.100. The summed E-state index contributed by atoms with van der Waals surface area (Å²) in [7, 11) is -3.67. The van der Waals surface area contributed by atoms with Crippen molar-refractivity contribution in [1.29, 1.82) is 0 Å². The van der Waals surface area contributed by atoms with Crippen LogP contribution in [0, 0.1) is 0 Å². The Balaban J connectivity index is 0.000000221. The van der Waals surface area contributed by atoms with Crippen LogP contribution in [-0.4, -0.2) is 29.3 Å². The third-order valence-electron chi connectivity index (χ3n) is 1.61. The van der Waals surface area contributed by atoms with Crippen LogP contribution in [0.2, 0.25) is 0 Å². The molecule has 1 aromatic heterocycles. The Hall–Kier alpha value is -1.66. The maximum absolute atomic E-state index is 9.31. The van der Waals surface area contributed by atoms with Crippen molar-refractivity contribution in [1.82, 2.24) is 4.98 Å². The summed E-state index contributed by atoms with van der Waals surface area (Å²) >= 11 is 0. The molecule has 0 aliphatic rings. The Morgan fingerprint density at radius 3 is 2.31 bits per heavy atom. The van der Waals surface area contributed by atoms with Gasteiger partial charge in [0.05, 0.1) is 6.26 Å². The lowest BCUT2D eigenvalue weighted by Crippen LogP contribution is -1.88. The number of nitrogens with zero attached hydrogens (tertiary/aromatic N) is 1. The summed E-state index contributed by atoms with van der Waals surface area (Å²) in [6.45, 7) is 0. The van der Waals surface area contributed by atoms with Gasteiger partial charge in [0, 0.05) is 11.6 Å². The minimum atomic E-state index is -3.67. The average molecular weight is 241 g/mol. The van der Waals surface area contributed by atoms with Crippen LogP contribution in [-0.2, 0) is 10.1 Å². The van der Waals surface area contributed by atoms with Gasteiger partial charge in [0.1, 0.15) is 11.3 Å². The van der Waals surface area contributed by atoms with Crippen LogP contribution in [0.5, 0.6) is 5.75 Å². The number of aromatic nitrogens is 1. The molecule has 2 N–H and O–H groups in total. The molecular weight excluding hydrogens is 230 g/mol. The number of hydrogen-bond donors (Lipinski definition) is 2. The molecule has 0 saturated heterocycles. The second kappa shape index (κ2) is 4.91. The molecule has 86 valence electrons. The molecule has 0 saturated carbocycles. The van der Waals surface area contributed by atoms with E-state index in [2.05, 4.69) is 4.98 Å². The third kappa shape index (κ3) is 4.24. The highest BCUT2D eigenvalue weighted by Crippen LogP contribution is 2.20. The molecule has 0 bridgehead atoms. The molecule has 6 heteroatoms. The van der Waals surface area contributed by atoms with E-state index in [1.807, 2.05) is 18.2 Å². The second-order valence-corrected chi connectivity index (χ2v) is 4.55. The summed E-state index contributed by atoms with van der Waals surface area (Å²) in [5.41, 5.74) is 0.662. The first-order valence-electron chi connectivity index (χ1n) is 4.33. The van der Waals surface area contributed by atoms with Crippen molar-refractivity contribution in [3.8, 4) is 5.75 Å². The Kier molecular flexibility index (Phi) is 3.81. The Labute approximate surface area is 93.1 Å². The molecule has 0 aliphatic carbocycles. The SMILES string of the molecule is CS(=O)(=O)O.Oc1cccc2cccnc12. The highest BCUT2D eigenvalue weighted by atomic mass is 32.2. The van der Waals surface area contributed by atoms with Gasteiger partial charge in [-0.2, -0.15) is 8.42 Å². The molecule has 16 heavy (non-hydrogen) atoms. The molecule has 1 aromatic carbocycles. The van der Waals surface area contributed by atoms with Gasteiger partial charge in [-0.3, -0.25) is 9.54 Å². The van der Waals surface area contributed by atoms with Gasteiger partial charge in [0.25, 0.3) is 10.1 Å². The van der Waals surface area contributed by atoms with E-state index < -0.39 is 10.1 Å². The maximum Gasteiger partial charge on any atom is 0.261 e. The van der Waals surface area contributed by atoms with E-state index in [1.165, 1.54) is 0 Å². The van der Waals surface area contributed by atoms with Gasteiger partial charge in [-0.15, -0.1) is 0 Å². The van der Waals surface area contributed by atoms with Crippen LogP contribution in [0.15, 0.2) is 36.5 Å². The van der Waals surface area contributed by atoms with Crippen molar-refractivity contribution < 1.29 is 18.1 Å². The van der Waals surface area contributed by atoms with E-state index in [4.69, 9.17) is 4.55 Å². The quantitative estimate of drug-likeness (QED) is 0.681. The van der Waals surface area contributed by atoms with E-state index in [9.17, 15) is 13.5 Å². The number of pyridine rings is 1. The lowest BCUT2D eigenvalue weighted by Gasteiger charge is -1.96. The van der Waals surface area contributed by atoms with Crippen LogP contribution < -0.4 is 0 Å². The van der Waals surface area contributed by atoms with E-state index >= 15 is 0 Å². The summed E-state index contributed by atoms with van der Waals surface area (Å²) in [4.78, 5) is 4.03. The van der Waals surface area contributed by atoms with E-state index in [-0.39, 0.29) is 5.75 Å². The smallest absolute Gasteiger partial charge is 0.261 e. The summed E-state index contributed by atoms with van der Waals surface area (Å²) < 4.78 is 25.9. The zero-order valence-corrected chi connectivity index (χ0v) is 9.35. The lowest BCUT2D eigenvalue weighted by molar-refractivity contribution is 0.480. The average Bonchev–Trinajstić information content (AvgIpc) is 2.16. The van der Waals surface area contributed by atoms with Crippen molar-refractivity contribution in [2.75, 3.05) is 6.26 Å². The van der Waals surface area contributed by atoms with Crippen molar-refractivity contribution in [3.05, 3.63) is 36.5 Å². The van der Waals surface area contributed by atoms with Crippen molar-refractivity contribution in [2.24, 2.45) is 0 Å². The predicted molar refractivity (Wildman–Crippen MR) is 60.9 cm³/mol. The summed E-state index contributed by atoms with van der Waals surface area (Å²) in [5.74, 6) is 0.239. The minimum absolute atomic E-state index is 0.239. The Morgan fingerprint density at radius 1 is 1.19 bits per heavy atom. The van der Waals surface area contributed by atoms with Gasteiger partial charge in [-0.25, -0.2) is 0 Å². The molecule has 5 nitrogen and oxygen atoms in total.